The Bertz CT molecular complexity index is 1030. The fourth-order valence-electron chi connectivity index (χ4n) is 4.31. The van der Waals surface area contributed by atoms with Crippen LogP contribution in [0.15, 0.2) is 30.3 Å². The molecule has 35 heavy (non-hydrogen) atoms. The zero-order valence-electron chi connectivity index (χ0n) is 21.1. The predicted octanol–water partition coefficient (Wildman–Crippen LogP) is 2.85. The van der Waals surface area contributed by atoms with E-state index in [2.05, 4.69) is 22.0 Å². The van der Waals surface area contributed by atoms with Crippen LogP contribution < -0.4 is 14.4 Å². The molecule has 2 aliphatic rings. The number of methoxy groups -OCH3 is 2. The smallest absolute Gasteiger partial charge is 0.242 e. The first-order chi connectivity index (χ1) is 16.9. The monoisotopic (exact) mass is 481 g/mol. The highest BCUT2D eigenvalue weighted by atomic mass is 16.5. The van der Waals surface area contributed by atoms with E-state index in [1.165, 1.54) is 0 Å². The third kappa shape index (κ3) is 5.66. The van der Waals surface area contributed by atoms with Crippen molar-refractivity contribution in [2.45, 2.75) is 39.2 Å². The molecule has 1 saturated carbocycles. The molecule has 0 spiro atoms. The van der Waals surface area contributed by atoms with Crippen molar-refractivity contribution >= 4 is 17.6 Å². The Kier molecular flexibility index (Phi) is 7.73. The molecular weight excluding hydrogens is 446 g/mol. The van der Waals surface area contributed by atoms with Gasteiger partial charge in [0.2, 0.25) is 11.8 Å². The molecular formula is C26H35N5O4. The van der Waals surface area contributed by atoms with Gasteiger partial charge in [-0.2, -0.15) is 0 Å². The standard InChI is InChI=1S/C26H35N5O4/c1-5-18(2)31(26(33)19-6-7-19)17-25(32)30-14-12-29(13-15-30)24-11-9-21(27-28-24)20-8-10-22(34-3)23(16-20)35-4/h8-11,16,18-19H,5-7,12-15,17H2,1-4H3/t18-/m1/s1. The first-order valence-electron chi connectivity index (χ1n) is 12.3. The van der Waals surface area contributed by atoms with Crippen molar-refractivity contribution in [3.8, 4) is 22.8 Å². The zero-order chi connectivity index (χ0) is 24.9. The van der Waals surface area contributed by atoms with Crippen molar-refractivity contribution in [3.05, 3.63) is 30.3 Å². The van der Waals surface area contributed by atoms with Crippen molar-refractivity contribution in [1.29, 1.82) is 0 Å². The lowest BCUT2D eigenvalue weighted by molar-refractivity contribution is -0.143. The SMILES string of the molecule is CC[C@@H](C)N(CC(=O)N1CCN(c2ccc(-c3ccc(OC)c(OC)c3)nn2)CC1)C(=O)C1CC1. The minimum atomic E-state index is 0.0221. The molecule has 2 amide bonds. The van der Waals surface area contributed by atoms with Gasteiger partial charge in [0.1, 0.15) is 0 Å². The minimum absolute atomic E-state index is 0.0221. The van der Waals surface area contributed by atoms with Gasteiger partial charge < -0.3 is 24.2 Å². The minimum Gasteiger partial charge on any atom is -0.493 e. The summed E-state index contributed by atoms with van der Waals surface area (Å²) < 4.78 is 10.7. The molecule has 9 heteroatoms. The highest BCUT2D eigenvalue weighted by Gasteiger charge is 2.36. The van der Waals surface area contributed by atoms with Crippen LogP contribution in [0.5, 0.6) is 11.5 Å². The number of anilines is 1. The highest BCUT2D eigenvalue weighted by Crippen LogP contribution is 2.33. The van der Waals surface area contributed by atoms with E-state index < -0.39 is 0 Å². The molecule has 2 aromatic rings. The second kappa shape index (κ2) is 10.9. The third-order valence-corrected chi connectivity index (χ3v) is 6.92. The van der Waals surface area contributed by atoms with Gasteiger partial charge in [0.05, 0.1) is 26.5 Å². The van der Waals surface area contributed by atoms with E-state index in [-0.39, 0.29) is 30.3 Å². The Morgan fingerprint density at radius 3 is 2.31 bits per heavy atom. The van der Waals surface area contributed by atoms with E-state index in [0.29, 0.717) is 37.7 Å². The van der Waals surface area contributed by atoms with Gasteiger partial charge in [-0.1, -0.05) is 6.92 Å². The number of aromatic nitrogens is 2. The molecule has 1 aromatic heterocycles. The summed E-state index contributed by atoms with van der Waals surface area (Å²) in [5.41, 5.74) is 1.64. The normalized spacial score (nSPS) is 16.6. The maximum absolute atomic E-state index is 13.0. The molecule has 0 N–H and O–H groups in total. The average Bonchev–Trinajstić information content (AvgIpc) is 3.76. The van der Waals surface area contributed by atoms with Crippen molar-refractivity contribution < 1.29 is 19.1 Å². The lowest BCUT2D eigenvalue weighted by atomic mass is 10.1. The van der Waals surface area contributed by atoms with Gasteiger partial charge in [0.15, 0.2) is 17.3 Å². The van der Waals surface area contributed by atoms with Gasteiger partial charge in [0.25, 0.3) is 0 Å². The molecule has 1 aliphatic heterocycles. The van der Waals surface area contributed by atoms with Gasteiger partial charge in [-0.15, -0.1) is 10.2 Å². The quantitative estimate of drug-likeness (QED) is 0.544. The molecule has 1 atom stereocenters. The number of carbonyl (C=O) groups excluding carboxylic acids is 2. The summed E-state index contributed by atoms with van der Waals surface area (Å²) >= 11 is 0. The molecule has 2 fully saturated rings. The Labute approximate surface area is 207 Å². The Morgan fingerprint density at radius 1 is 1.03 bits per heavy atom. The number of piperazine rings is 1. The summed E-state index contributed by atoms with van der Waals surface area (Å²) in [5, 5.41) is 8.83. The average molecular weight is 482 g/mol. The molecule has 1 saturated heterocycles. The maximum atomic E-state index is 13.0. The van der Waals surface area contributed by atoms with E-state index in [0.717, 1.165) is 36.3 Å². The molecule has 1 aliphatic carbocycles. The molecule has 0 bridgehead atoms. The summed E-state index contributed by atoms with van der Waals surface area (Å²) in [6.45, 7) is 6.80. The van der Waals surface area contributed by atoms with Gasteiger partial charge in [-0.25, -0.2) is 0 Å². The molecule has 0 radical (unpaired) electrons. The van der Waals surface area contributed by atoms with Crippen LogP contribution in [0.1, 0.15) is 33.1 Å². The fourth-order valence-corrected chi connectivity index (χ4v) is 4.31. The lowest BCUT2D eigenvalue weighted by Crippen LogP contribution is -2.53. The van der Waals surface area contributed by atoms with Crippen LogP contribution in [0.4, 0.5) is 5.82 Å². The van der Waals surface area contributed by atoms with Crippen LogP contribution in [-0.4, -0.2) is 84.8 Å². The van der Waals surface area contributed by atoms with Gasteiger partial charge >= 0.3 is 0 Å². The van der Waals surface area contributed by atoms with Gasteiger partial charge in [0, 0.05) is 43.7 Å². The topological polar surface area (TPSA) is 88.1 Å². The van der Waals surface area contributed by atoms with E-state index >= 15 is 0 Å². The third-order valence-electron chi connectivity index (χ3n) is 6.92. The Balaban J connectivity index is 1.34. The summed E-state index contributed by atoms with van der Waals surface area (Å²) in [4.78, 5) is 31.4. The van der Waals surface area contributed by atoms with Gasteiger partial charge in [-0.05, 0) is 56.5 Å². The number of hydrogen-bond acceptors (Lipinski definition) is 7. The molecule has 0 unspecified atom stereocenters. The molecule has 188 valence electrons. The summed E-state index contributed by atoms with van der Waals surface area (Å²) in [6, 6.07) is 9.62. The second-order valence-electron chi connectivity index (χ2n) is 9.21. The van der Waals surface area contributed by atoms with Crippen molar-refractivity contribution in [2.24, 2.45) is 5.92 Å². The number of hydrogen-bond donors (Lipinski definition) is 0. The molecule has 4 rings (SSSR count). The second-order valence-corrected chi connectivity index (χ2v) is 9.21. The van der Waals surface area contributed by atoms with Crippen LogP contribution in [0.2, 0.25) is 0 Å². The number of benzene rings is 1. The fraction of sp³-hybridized carbons (Fsp3) is 0.538. The van der Waals surface area contributed by atoms with Crippen LogP contribution in [0.25, 0.3) is 11.3 Å². The zero-order valence-corrected chi connectivity index (χ0v) is 21.1. The summed E-state index contributed by atoms with van der Waals surface area (Å²) in [7, 11) is 3.21. The molecule has 9 nitrogen and oxygen atoms in total. The van der Waals surface area contributed by atoms with Gasteiger partial charge in [-0.3, -0.25) is 9.59 Å². The summed E-state index contributed by atoms with van der Waals surface area (Å²) in [5.74, 6) is 2.37. The summed E-state index contributed by atoms with van der Waals surface area (Å²) in [6.07, 6.45) is 2.74. The largest absolute Gasteiger partial charge is 0.493 e. The predicted molar refractivity (Wildman–Crippen MR) is 134 cm³/mol. The van der Waals surface area contributed by atoms with Crippen molar-refractivity contribution in [1.82, 2.24) is 20.0 Å². The first kappa shape index (κ1) is 24.8. The number of rotatable bonds is 9. The van der Waals surface area contributed by atoms with E-state index in [1.54, 1.807) is 19.1 Å². The number of amides is 2. The van der Waals surface area contributed by atoms with E-state index in [9.17, 15) is 9.59 Å². The van der Waals surface area contributed by atoms with Crippen LogP contribution in [-0.2, 0) is 9.59 Å². The lowest BCUT2D eigenvalue weighted by Gasteiger charge is -2.37. The van der Waals surface area contributed by atoms with Crippen LogP contribution in [0.3, 0.4) is 0 Å². The van der Waals surface area contributed by atoms with E-state index in [4.69, 9.17) is 9.47 Å². The molecule has 2 heterocycles. The highest BCUT2D eigenvalue weighted by molar-refractivity contribution is 5.87. The number of carbonyl (C=O) groups is 2. The molecule has 1 aromatic carbocycles. The maximum Gasteiger partial charge on any atom is 0.242 e. The first-order valence-corrected chi connectivity index (χ1v) is 12.3. The number of nitrogens with zero attached hydrogens (tertiary/aromatic N) is 5. The van der Waals surface area contributed by atoms with E-state index in [1.807, 2.05) is 42.2 Å². The number of ether oxygens (including phenoxy) is 2. The van der Waals surface area contributed by atoms with Crippen LogP contribution in [0, 0.1) is 5.92 Å². The Hall–Kier alpha value is -3.36. The van der Waals surface area contributed by atoms with Crippen molar-refractivity contribution in [2.75, 3.05) is 51.8 Å². The van der Waals surface area contributed by atoms with Crippen molar-refractivity contribution in [3.63, 3.8) is 0 Å². The van der Waals surface area contributed by atoms with Crippen LogP contribution >= 0.6 is 0 Å². The Morgan fingerprint density at radius 2 is 1.74 bits per heavy atom.